The summed E-state index contributed by atoms with van der Waals surface area (Å²) in [5, 5.41) is 11.5. The van der Waals surface area contributed by atoms with Gasteiger partial charge in [0.15, 0.2) is 6.23 Å². The number of anilines is 1. The van der Waals surface area contributed by atoms with Gasteiger partial charge in [-0.25, -0.2) is 4.39 Å². The van der Waals surface area contributed by atoms with Gasteiger partial charge in [-0.1, -0.05) is 74.5 Å². The second kappa shape index (κ2) is 10.6. The molecule has 3 N–H and O–H groups in total. The molecule has 2 atom stereocenters. The molecule has 0 saturated heterocycles. The van der Waals surface area contributed by atoms with Crippen LogP contribution in [-0.2, 0) is 28.1 Å². The second-order valence-electron chi connectivity index (χ2n) is 9.62. The van der Waals surface area contributed by atoms with Gasteiger partial charge in [-0.3, -0.25) is 0 Å². The van der Waals surface area contributed by atoms with E-state index in [-0.39, 0.29) is 5.69 Å². The van der Waals surface area contributed by atoms with Crippen molar-refractivity contribution < 1.29 is 19.0 Å². The number of nitrogen functional groups attached to an aromatic ring is 1. The number of aromatic nitrogens is 1. The van der Waals surface area contributed by atoms with Crippen LogP contribution in [0.4, 0.5) is 10.1 Å². The van der Waals surface area contributed by atoms with Crippen molar-refractivity contribution in [1.82, 2.24) is 4.57 Å². The molecule has 3 aromatic carbocycles. The summed E-state index contributed by atoms with van der Waals surface area (Å²) in [7, 11) is 0. The van der Waals surface area contributed by atoms with E-state index in [1.807, 2.05) is 71.3 Å². The molecule has 184 valence electrons. The molecule has 0 spiro atoms. The molecule has 0 bridgehead atoms. The molecule has 1 heterocycles. The Morgan fingerprint density at radius 3 is 2.14 bits per heavy atom. The van der Waals surface area contributed by atoms with E-state index in [4.69, 9.17) is 15.2 Å². The van der Waals surface area contributed by atoms with Gasteiger partial charge in [0.2, 0.25) is 0 Å². The van der Waals surface area contributed by atoms with Crippen LogP contribution < -0.4 is 5.73 Å². The van der Waals surface area contributed by atoms with E-state index in [1.165, 1.54) is 6.07 Å². The number of nitrogens with two attached hydrogens (primary N) is 1. The first-order valence-electron chi connectivity index (χ1n) is 11.8. The highest BCUT2D eigenvalue weighted by Crippen LogP contribution is 2.36. The monoisotopic (exact) mass is 476 g/mol. The average molecular weight is 477 g/mol. The van der Waals surface area contributed by atoms with Crippen LogP contribution in [0, 0.1) is 5.82 Å². The number of aliphatic hydroxyl groups excluding tert-OH is 1. The molecule has 0 amide bonds. The third kappa shape index (κ3) is 5.73. The van der Waals surface area contributed by atoms with Gasteiger partial charge in [-0.2, -0.15) is 0 Å². The van der Waals surface area contributed by atoms with Gasteiger partial charge >= 0.3 is 0 Å². The topological polar surface area (TPSA) is 69.6 Å². The third-order valence-corrected chi connectivity index (χ3v) is 6.16. The number of ether oxygens (including phenoxy) is 2. The van der Waals surface area contributed by atoms with Gasteiger partial charge in [-0.15, -0.1) is 0 Å². The Kier molecular flexibility index (Phi) is 7.55. The van der Waals surface area contributed by atoms with E-state index in [0.29, 0.717) is 25.3 Å². The van der Waals surface area contributed by atoms with Crippen molar-refractivity contribution in [3.8, 4) is 0 Å². The van der Waals surface area contributed by atoms with Crippen molar-refractivity contribution in [2.75, 3.05) is 12.3 Å². The Morgan fingerprint density at radius 1 is 0.943 bits per heavy atom. The Hall–Kier alpha value is -3.19. The van der Waals surface area contributed by atoms with Crippen LogP contribution in [0.2, 0.25) is 0 Å². The minimum absolute atomic E-state index is 0.0816. The summed E-state index contributed by atoms with van der Waals surface area (Å²) in [6, 6.07) is 24.8. The van der Waals surface area contributed by atoms with Gasteiger partial charge in [0, 0.05) is 22.6 Å². The maximum atomic E-state index is 14.6. The van der Waals surface area contributed by atoms with E-state index >= 15 is 0 Å². The van der Waals surface area contributed by atoms with Crippen molar-refractivity contribution in [2.24, 2.45) is 0 Å². The number of benzene rings is 3. The van der Waals surface area contributed by atoms with Gasteiger partial charge < -0.3 is 24.9 Å². The summed E-state index contributed by atoms with van der Waals surface area (Å²) < 4.78 is 28.8. The summed E-state index contributed by atoms with van der Waals surface area (Å²) in [5.74, 6) is -0.506. The third-order valence-electron chi connectivity index (χ3n) is 6.16. The number of aliphatic hydroxyl groups is 1. The highest BCUT2D eigenvalue weighted by Gasteiger charge is 2.32. The Balaban J connectivity index is 1.70. The number of halogens is 1. The zero-order valence-corrected chi connectivity index (χ0v) is 20.4. The van der Waals surface area contributed by atoms with Crippen LogP contribution in [0.25, 0.3) is 10.9 Å². The van der Waals surface area contributed by atoms with Crippen molar-refractivity contribution in [3.63, 3.8) is 0 Å². The zero-order valence-electron chi connectivity index (χ0n) is 20.4. The molecule has 5 nitrogen and oxygen atoms in total. The minimum atomic E-state index is -0.852. The standard InChI is InChI=1S/C29H33FN2O3/c1-20(33)28(35-18-22-12-8-5-9-13-22)32-26-16-24(30)25(31)14-23(26)15-27(32)29(2,3)19-34-17-21-10-6-4-7-11-21/h4-16,20,28,33H,17-19,31H2,1-3H3. The van der Waals surface area contributed by atoms with E-state index in [9.17, 15) is 9.50 Å². The molecule has 35 heavy (non-hydrogen) atoms. The predicted molar refractivity (Wildman–Crippen MR) is 137 cm³/mol. The lowest BCUT2D eigenvalue weighted by molar-refractivity contribution is -0.0833. The largest absolute Gasteiger partial charge is 0.396 e. The summed E-state index contributed by atoms with van der Waals surface area (Å²) in [6.45, 7) is 7.02. The molecule has 6 heteroatoms. The number of rotatable bonds is 10. The highest BCUT2D eigenvalue weighted by molar-refractivity contribution is 5.85. The van der Waals surface area contributed by atoms with Crippen molar-refractivity contribution in [1.29, 1.82) is 0 Å². The second-order valence-corrected chi connectivity index (χ2v) is 9.62. The van der Waals surface area contributed by atoms with Gasteiger partial charge in [-0.05, 0) is 30.2 Å². The lowest BCUT2D eigenvalue weighted by Gasteiger charge is -2.32. The highest BCUT2D eigenvalue weighted by atomic mass is 19.1. The van der Waals surface area contributed by atoms with E-state index in [2.05, 4.69) is 13.8 Å². The molecule has 0 saturated carbocycles. The normalized spacial score (nSPS) is 13.7. The van der Waals surface area contributed by atoms with Gasteiger partial charge in [0.05, 0.1) is 37.1 Å². The van der Waals surface area contributed by atoms with Gasteiger partial charge in [0.1, 0.15) is 5.82 Å². The van der Waals surface area contributed by atoms with Crippen LogP contribution >= 0.6 is 0 Å². The van der Waals surface area contributed by atoms with E-state index < -0.39 is 23.6 Å². The Bertz CT molecular complexity index is 1250. The first-order valence-corrected chi connectivity index (χ1v) is 11.8. The first kappa shape index (κ1) is 24.9. The first-order chi connectivity index (χ1) is 16.8. The summed E-state index contributed by atoms with van der Waals surface area (Å²) >= 11 is 0. The smallest absolute Gasteiger partial charge is 0.160 e. The SMILES string of the molecule is CC(O)C(OCc1ccccc1)n1c(C(C)(C)COCc2ccccc2)cc2cc(N)c(F)cc21. The van der Waals surface area contributed by atoms with Crippen molar-refractivity contribution in [2.45, 2.75) is 51.7 Å². The lowest BCUT2D eigenvalue weighted by Crippen LogP contribution is -2.33. The van der Waals surface area contributed by atoms with Crippen LogP contribution in [0.3, 0.4) is 0 Å². The van der Waals surface area contributed by atoms with E-state index in [1.54, 1.807) is 13.0 Å². The molecule has 2 unspecified atom stereocenters. The number of nitrogens with zero attached hydrogens (tertiary/aromatic N) is 1. The molecule has 4 rings (SSSR count). The summed E-state index contributed by atoms with van der Waals surface area (Å²) in [5.41, 5.74) is 9.04. The number of fused-ring (bicyclic) bond motifs is 1. The fourth-order valence-corrected chi connectivity index (χ4v) is 4.32. The quantitative estimate of drug-likeness (QED) is 0.277. The van der Waals surface area contributed by atoms with Crippen molar-refractivity contribution >= 4 is 16.6 Å². The Morgan fingerprint density at radius 2 is 1.54 bits per heavy atom. The average Bonchev–Trinajstić information content (AvgIpc) is 3.19. The molecular weight excluding hydrogens is 443 g/mol. The van der Waals surface area contributed by atoms with Crippen LogP contribution in [-0.4, -0.2) is 22.4 Å². The molecule has 1 aromatic heterocycles. The van der Waals surface area contributed by atoms with Crippen LogP contribution in [0.15, 0.2) is 78.9 Å². The maximum Gasteiger partial charge on any atom is 0.160 e. The van der Waals surface area contributed by atoms with Crippen LogP contribution in [0.5, 0.6) is 0 Å². The molecule has 0 fully saturated rings. The summed E-state index contributed by atoms with van der Waals surface area (Å²) in [6.07, 6.45) is -1.59. The zero-order chi connectivity index (χ0) is 25.0. The molecule has 0 aliphatic carbocycles. The number of hydrogen-bond donors (Lipinski definition) is 2. The summed E-state index contributed by atoms with van der Waals surface area (Å²) in [4.78, 5) is 0. The van der Waals surface area contributed by atoms with E-state index in [0.717, 1.165) is 22.2 Å². The molecule has 0 radical (unpaired) electrons. The van der Waals surface area contributed by atoms with Crippen LogP contribution in [0.1, 0.15) is 43.8 Å². The van der Waals surface area contributed by atoms with Gasteiger partial charge in [0.25, 0.3) is 0 Å². The van der Waals surface area contributed by atoms with Crippen molar-refractivity contribution in [3.05, 3.63) is 102 Å². The molecular formula is C29H33FN2O3. The Labute approximate surface area is 205 Å². The predicted octanol–water partition coefficient (Wildman–Crippen LogP) is 5.95. The fourth-order valence-electron chi connectivity index (χ4n) is 4.32. The maximum absolute atomic E-state index is 14.6. The molecule has 0 aliphatic rings. The molecule has 0 aliphatic heterocycles. The minimum Gasteiger partial charge on any atom is -0.396 e. The fraction of sp³-hybridized carbons (Fsp3) is 0.310. The molecule has 4 aromatic rings. The number of hydrogen-bond acceptors (Lipinski definition) is 4. The lowest BCUT2D eigenvalue weighted by atomic mass is 9.90.